The highest BCUT2D eigenvalue weighted by Gasteiger charge is 1.94. The first-order valence-electron chi connectivity index (χ1n) is 8.75. The molecule has 0 rings (SSSR count). The normalized spacial score (nSPS) is 11.1. The molecule has 0 bridgehead atoms. The predicted octanol–water partition coefficient (Wildman–Crippen LogP) is 6.76. The second-order valence-corrected chi connectivity index (χ2v) is 6.39. The highest BCUT2D eigenvalue weighted by molar-refractivity contribution is 9.08. The Hall–Kier alpha value is 0.440. The van der Waals surface area contributed by atoms with E-state index in [-0.39, 0.29) is 0 Å². The smallest absolute Gasteiger partial charge is 0.00875 e. The van der Waals surface area contributed by atoms with Gasteiger partial charge in [0, 0.05) is 22.7 Å². The molecule has 0 atom stereocenters. The molecule has 1 N–H and O–H groups in total. The van der Waals surface area contributed by atoms with Gasteiger partial charge in [0.1, 0.15) is 0 Å². The van der Waals surface area contributed by atoms with E-state index in [0.29, 0.717) is 0 Å². The molecule has 0 fully saturated rings. The third-order valence-electron chi connectivity index (χ3n) is 3.87. The first-order valence-corrected chi connectivity index (χ1v) is 9.54. The molecule has 0 heterocycles. The van der Waals surface area contributed by atoms with Crippen LogP contribution in [0.5, 0.6) is 0 Å². The molecular weight excluding hydrogens is 298 g/mol. The van der Waals surface area contributed by atoms with Gasteiger partial charge in [-0.15, -0.1) is 0 Å². The maximum atomic E-state index is 3.24. The summed E-state index contributed by atoms with van der Waals surface area (Å²) in [5.41, 5.74) is 0. The second kappa shape index (κ2) is 18.4. The zero-order valence-corrected chi connectivity index (χ0v) is 14.8. The Balaban J connectivity index is 2.88. The third kappa shape index (κ3) is 18.4. The summed E-state index contributed by atoms with van der Waals surface area (Å²) in [6, 6.07) is 0. The summed E-state index contributed by atoms with van der Waals surface area (Å²) in [6.07, 6.45) is 21.6. The average molecular weight is 334 g/mol. The molecule has 2 heteroatoms. The molecule has 0 aromatic heterocycles. The number of halogens is 1. The van der Waals surface area contributed by atoms with Crippen LogP contribution in [0.1, 0.15) is 103 Å². The van der Waals surface area contributed by atoms with Gasteiger partial charge < -0.3 is 0 Å². The van der Waals surface area contributed by atoms with Crippen molar-refractivity contribution in [3.8, 4) is 0 Å². The minimum absolute atomic E-state index is 1.11. The number of hydrogen-bond acceptors (Lipinski definition) is 1. The van der Waals surface area contributed by atoms with Gasteiger partial charge in [-0.05, 0) is 6.42 Å². The van der Waals surface area contributed by atoms with E-state index in [4.69, 9.17) is 0 Å². The summed E-state index contributed by atoms with van der Waals surface area (Å²) in [6.45, 7) is 3.40. The zero-order valence-electron chi connectivity index (χ0n) is 13.2. The lowest BCUT2D eigenvalue weighted by Crippen LogP contribution is -1.98. The first-order chi connectivity index (χ1) is 9.41. The largest absolute Gasteiger partial charge is 0.256 e. The van der Waals surface area contributed by atoms with E-state index in [9.17, 15) is 0 Å². The molecule has 0 aliphatic rings. The van der Waals surface area contributed by atoms with Crippen LogP contribution in [0, 0.1) is 0 Å². The van der Waals surface area contributed by atoms with Crippen molar-refractivity contribution < 1.29 is 0 Å². The Morgan fingerprint density at radius 2 is 0.842 bits per heavy atom. The number of nitrogens with one attached hydrogen (secondary N) is 1. The lowest BCUT2D eigenvalue weighted by molar-refractivity contribution is 0.532. The second-order valence-electron chi connectivity index (χ2n) is 5.83. The molecule has 0 spiro atoms. The van der Waals surface area contributed by atoms with E-state index in [1.54, 1.807) is 0 Å². The van der Waals surface area contributed by atoms with Gasteiger partial charge >= 0.3 is 0 Å². The van der Waals surface area contributed by atoms with E-state index in [1.165, 1.54) is 96.3 Å². The van der Waals surface area contributed by atoms with Gasteiger partial charge in [0.2, 0.25) is 0 Å². The van der Waals surface area contributed by atoms with Crippen LogP contribution in [0.2, 0.25) is 0 Å². The van der Waals surface area contributed by atoms with Crippen LogP contribution in [0.4, 0.5) is 0 Å². The van der Waals surface area contributed by atoms with Gasteiger partial charge in [-0.3, -0.25) is 4.34 Å². The van der Waals surface area contributed by atoms with Gasteiger partial charge in [0.05, 0.1) is 0 Å². The van der Waals surface area contributed by atoms with E-state index >= 15 is 0 Å². The fraction of sp³-hybridized carbons (Fsp3) is 1.00. The SMILES string of the molecule is CCCCCCCCCCCCCCCCCNBr. The Kier molecular flexibility index (Phi) is 18.9. The van der Waals surface area contributed by atoms with Crippen LogP contribution in [-0.2, 0) is 0 Å². The van der Waals surface area contributed by atoms with Crippen LogP contribution in [-0.4, -0.2) is 6.54 Å². The van der Waals surface area contributed by atoms with Crippen molar-refractivity contribution in [3.63, 3.8) is 0 Å². The summed E-state index contributed by atoms with van der Waals surface area (Å²) < 4.78 is 3.03. The molecule has 0 amide bonds. The minimum atomic E-state index is 1.11. The number of hydrogen-bond donors (Lipinski definition) is 1. The van der Waals surface area contributed by atoms with Gasteiger partial charge in [-0.2, -0.15) is 0 Å². The quantitative estimate of drug-likeness (QED) is 0.243. The molecule has 1 nitrogen and oxygen atoms in total. The molecule has 0 aliphatic carbocycles. The maximum absolute atomic E-state index is 3.24. The van der Waals surface area contributed by atoms with E-state index < -0.39 is 0 Å². The van der Waals surface area contributed by atoms with Crippen LogP contribution in [0.15, 0.2) is 0 Å². The number of rotatable bonds is 16. The van der Waals surface area contributed by atoms with Gasteiger partial charge in [-0.25, -0.2) is 0 Å². The Morgan fingerprint density at radius 3 is 1.16 bits per heavy atom. The molecule has 0 saturated heterocycles. The highest BCUT2D eigenvalue weighted by atomic mass is 79.9. The maximum Gasteiger partial charge on any atom is 0.00875 e. The third-order valence-corrected chi connectivity index (χ3v) is 4.27. The van der Waals surface area contributed by atoms with E-state index in [2.05, 4.69) is 27.4 Å². The van der Waals surface area contributed by atoms with Crippen molar-refractivity contribution in [1.29, 1.82) is 0 Å². The summed E-state index contributed by atoms with van der Waals surface area (Å²) >= 11 is 3.24. The molecule has 116 valence electrons. The first kappa shape index (κ1) is 19.4. The van der Waals surface area contributed by atoms with Crippen LogP contribution >= 0.6 is 16.1 Å². The summed E-state index contributed by atoms with van der Waals surface area (Å²) in [5, 5.41) is 0. The molecule has 0 saturated carbocycles. The fourth-order valence-electron chi connectivity index (χ4n) is 2.56. The average Bonchev–Trinajstić information content (AvgIpc) is 2.43. The van der Waals surface area contributed by atoms with Crippen molar-refractivity contribution in [3.05, 3.63) is 0 Å². The lowest BCUT2D eigenvalue weighted by Gasteiger charge is -2.03. The van der Waals surface area contributed by atoms with Crippen molar-refractivity contribution in [2.24, 2.45) is 0 Å². The van der Waals surface area contributed by atoms with Gasteiger partial charge in [0.15, 0.2) is 0 Å². The van der Waals surface area contributed by atoms with Gasteiger partial charge in [0.25, 0.3) is 0 Å². The molecule has 19 heavy (non-hydrogen) atoms. The summed E-state index contributed by atoms with van der Waals surface area (Å²) in [5.74, 6) is 0. The topological polar surface area (TPSA) is 12.0 Å². The number of unbranched alkanes of at least 4 members (excludes halogenated alkanes) is 14. The van der Waals surface area contributed by atoms with Gasteiger partial charge in [-0.1, -0.05) is 96.8 Å². The monoisotopic (exact) mass is 333 g/mol. The Morgan fingerprint density at radius 1 is 0.526 bits per heavy atom. The van der Waals surface area contributed by atoms with E-state index in [0.717, 1.165) is 6.54 Å². The fourth-order valence-corrected chi connectivity index (χ4v) is 2.84. The molecule has 0 aliphatic heterocycles. The Bertz CT molecular complexity index is 134. The standard InChI is InChI=1S/C17H36BrN/c1-2-3-4-5-6-7-8-9-10-11-12-13-14-15-16-17-19-18/h19H,2-17H2,1H3. The van der Waals surface area contributed by atoms with Crippen molar-refractivity contribution in [2.45, 2.75) is 103 Å². The predicted molar refractivity (Wildman–Crippen MR) is 91.9 cm³/mol. The molecule has 0 radical (unpaired) electrons. The molecule has 0 aromatic carbocycles. The summed E-state index contributed by atoms with van der Waals surface area (Å²) in [4.78, 5) is 0. The van der Waals surface area contributed by atoms with Crippen LogP contribution < -0.4 is 4.34 Å². The minimum Gasteiger partial charge on any atom is -0.256 e. The van der Waals surface area contributed by atoms with Crippen molar-refractivity contribution in [1.82, 2.24) is 4.34 Å². The molecule has 0 aromatic rings. The van der Waals surface area contributed by atoms with Crippen LogP contribution in [0.3, 0.4) is 0 Å². The lowest BCUT2D eigenvalue weighted by atomic mass is 10.0. The zero-order chi connectivity index (χ0) is 14.0. The molecular formula is C17H36BrN. The Labute approximate surface area is 130 Å². The van der Waals surface area contributed by atoms with Crippen LogP contribution in [0.25, 0.3) is 0 Å². The highest BCUT2D eigenvalue weighted by Crippen LogP contribution is 2.13. The molecule has 0 unspecified atom stereocenters. The van der Waals surface area contributed by atoms with Crippen molar-refractivity contribution in [2.75, 3.05) is 6.54 Å². The summed E-state index contributed by atoms with van der Waals surface area (Å²) in [7, 11) is 0. The van der Waals surface area contributed by atoms with E-state index in [1.807, 2.05) is 0 Å². The van der Waals surface area contributed by atoms with Crippen molar-refractivity contribution >= 4 is 16.1 Å².